The van der Waals surface area contributed by atoms with Crippen LogP contribution in [0.4, 0.5) is 5.82 Å². The van der Waals surface area contributed by atoms with Gasteiger partial charge in [-0.3, -0.25) is 0 Å². The number of aryl methyl sites for hydroxylation is 1. The Bertz CT molecular complexity index is 985. The fraction of sp³-hybridized carbons (Fsp3) is 0.111. The van der Waals surface area contributed by atoms with Gasteiger partial charge in [-0.2, -0.15) is 0 Å². The maximum atomic E-state index is 5.82. The van der Waals surface area contributed by atoms with Crippen LogP contribution in [0.3, 0.4) is 0 Å². The molecule has 0 amide bonds. The first kappa shape index (κ1) is 12.8. The minimum Gasteiger partial charge on any atom is -0.384 e. The Hall–Kier alpha value is -2.88. The van der Waals surface area contributed by atoms with E-state index in [2.05, 4.69) is 52.2 Å². The smallest absolute Gasteiger partial charge is 0.138 e. The van der Waals surface area contributed by atoms with E-state index in [1.807, 2.05) is 12.3 Å². The normalized spacial score (nSPS) is 11.3. The highest BCUT2D eigenvalue weighted by atomic mass is 14.9. The molecule has 0 unspecified atom stereocenters. The van der Waals surface area contributed by atoms with Crippen molar-refractivity contribution in [3.63, 3.8) is 0 Å². The van der Waals surface area contributed by atoms with Crippen LogP contribution < -0.4 is 5.73 Å². The van der Waals surface area contributed by atoms with E-state index < -0.39 is 0 Å². The van der Waals surface area contributed by atoms with Gasteiger partial charge in [0.2, 0.25) is 0 Å². The number of hydrogen-bond donors (Lipinski definition) is 2. The Balaban J connectivity index is 2.00. The molecule has 0 spiro atoms. The second-order valence-electron chi connectivity index (χ2n) is 5.41. The maximum Gasteiger partial charge on any atom is 0.138 e. The molecule has 0 fully saturated rings. The van der Waals surface area contributed by atoms with Gasteiger partial charge in [-0.15, -0.1) is 0 Å². The molecule has 22 heavy (non-hydrogen) atoms. The highest BCUT2D eigenvalue weighted by Crippen LogP contribution is 2.30. The third-order valence-corrected chi connectivity index (χ3v) is 4.07. The molecule has 0 radical (unpaired) electrons. The van der Waals surface area contributed by atoms with Crippen molar-refractivity contribution in [2.24, 2.45) is 0 Å². The van der Waals surface area contributed by atoms with Gasteiger partial charge >= 0.3 is 0 Å². The minimum absolute atomic E-state index is 0.521. The van der Waals surface area contributed by atoms with Crippen molar-refractivity contribution in [2.75, 3.05) is 5.73 Å². The van der Waals surface area contributed by atoms with Crippen molar-refractivity contribution in [3.05, 3.63) is 54.4 Å². The predicted molar refractivity (Wildman–Crippen MR) is 90.6 cm³/mol. The Morgan fingerprint density at radius 2 is 1.91 bits per heavy atom. The summed E-state index contributed by atoms with van der Waals surface area (Å²) < 4.78 is 0. The Kier molecular flexibility index (Phi) is 2.82. The van der Waals surface area contributed by atoms with Crippen LogP contribution in [0.15, 0.2) is 48.8 Å². The molecule has 0 atom stereocenters. The lowest BCUT2D eigenvalue weighted by molar-refractivity contribution is 1.14. The highest BCUT2D eigenvalue weighted by molar-refractivity contribution is 6.07. The van der Waals surface area contributed by atoms with E-state index in [4.69, 9.17) is 5.73 Å². The predicted octanol–water partition coefficient (Wildman–Crippen LogP) is 3.92. The number of nitrogens with one attached hydrogen (secondary N) is 1. The average molecular weight is 288 g/mol. The van der Waals surface area contributed by atoms with Gasteiger partial charge < -0.3 is 10.7 Å². The molecule has 0 aliphatic heterocycles. The molecule has 0 aliphatic carbocycles. The van der Waals surface area contributed by atoms with Crippen LogP contribution in [0, 0.1) is 0 Å². The van der Waals surface area contributed by atoms with E-state index in [1.165, 1.54) is 11.1 Å². The first-order chi connectivity index (χ1) is 10.8. The van der Waals surface area contributed by atoms with E-state index in [-0.39, 0.29) is 0 Å². The molecular weight excluding hydrogens is 272 g/mol. The molecule has 0 bridgehead atoms. The van der Waals surface area contributed by atoms with Crippen molar-refractivity contribution < 1.29 is 0 Å². The zero-order valence-electron chi connectivity index (χ0n) is 12.3. The molecule has 4 rings (SSSR count). The van der Waals surface area contributed by atoms with Gasteiger partial charge in [0.05, 0.1) is 11.7 Å². The van der Waals surface area contributed by atoms with Gasteiger partial charge in [-0.05, 0) is 29.7 Å². The molecule has 0 aliphatic rings. The van der Waals surface area contributed by atoms with Crippen molar-refractivity contribution in [2.45, 2.75) is 13.3 Å². The quantitative estimate of drug-likeness (QED) is 0.587. The number of fused-ring (bicyclic) bond motifs is 3. The molecule has 3 N–H and O–H groups in total. The van der Waals surface area contributed by atoms with Crippen LogP contribution in [0.5, 0.6) is 0 Å². The summed E-state index contributed by atoms with van der Waals surface area (Å²) in [5.41, 5.74) is 11.3. The second-order valence-corrected chi connectivity index (χ2v) is 5.41. The molecule has 4 nitrogen and oxygen atoms in total. The number of aromatic amines is 1. The lowest BCUT2D eigenvalue weighted by Crippen LogP contribution is -1.88. The summed E-state index contributed by atoms with van der Waals surface area (Å²) in [6, 6.07) is 12.5. The summed E-state index contributed by atoms with van der Waals surface area (Å²) in [6.45, 7) is 2.17. The van der Waals surface area contributed by atoms with E-state index >= 15 is 0 Å². The number of hydrogen-bond acceptors (Lipinski definition) is 3. The Morgan fingerprint density at radius 3 is 2.77 bits per heavy atom. The van der Waals surface area contributed by atoms with Crippen molar-refractivity contribution in [1.82, 2.24) is 15.0 Å². The Labute approximate surface area is 128 Å². The van der Waals surface area contributed by atoms with E-state index in [1.54, 1.807) is 6.20 Å². The SMILES string of the molecule is CCc1ccccc1-c1cnc2[nH]c3cnc(N)cc3c2c1. The largest absolute Gasteiger partial charge is 0.384 e. The summed E-state index contributed by atoms with van der Waals surface area (Å²) in [7, 11) is 0. The van der Waals surface area contributed by atoms with Crippen LogP contribution in [0.1, 0.15) is 12.5 Å². The summed E-state index contributed by atoms with van der Waals surface area (Å²) in [5, 5.41) is 2.14. The van der Waals surface area contributed by atoms with Crippen molar-refractivity contribution >= 4 is 27.8 Å². The van der Waals surface area contributed by atoms with Gasteiger partial charge in [0.15, 0.2) is 0 Å². The zero-order chi connectivity index (χ0) is 15.1. The maximum absolute atomic E-state index is 5.82. The molecule has 4 heteroatoms. The number of nitrogen functional groups attached to an aromatic ring is 1. The van der Waals surface area contributed by atoms with Gasteiger partial charge in [0.1, 0.15) is 11.5 Å². The number of nitrogens with zero attached hydrogens (tertiary/aromatic N) is 2. The van der Waals surface area contributed by atoms with E-state index in [0.29, 0.717) is 5.82 Å². The number of nitrogens with two attached hydrogens (primary N) is 1. The zero-order valence-corrected chi connectivity index (χ0v) is 12.3. The van der Waals surface area contributed by atoms with E-state index in [0.717, 1.165) is 33.9 Å². The number of benzene rings is 1. The number of aromatic nitrogens is 3. The number of anilines is 1. The standard InChI is InChI=1S/C18H16N4/c1-2-11-5-3-4-6-13(11)12-7-15-14-8-17(19)20-10-16(14)22-18(15)21-9-12/h3-10H,2H2,1H3,(H2,19,20)(H,21,22). The van der Waals surface area contributed by atoms with Gasteiger partial charge in [-0.25, -0.2) is 9.97 Å². The molecule has 3 heterocycles. The third kappa shape index (κ3) is 1.92. The lowest BCUT2D eigenvalue weighted by Gasteiger charge is -2.07. The molecule has 1 aromatic carbocycles. The molecule has 0 saturated heterocycles. The highest BCUT2D eigenvalue weighted by Gasteiger charge is 2.09. The summed E-state index contributed by atoms with van der Waals surface area (Å²) in [5.74, 6) is 0.521. The number of H-pyrrole nitrogens is 1. The molecule has 3 aromatic heterocycles. The Morgan fingerprint density at radius 1 is 1.05 bits per heavy atom. The van der Waals surface area contributed by atoms with Crippen LogP contribution in [0.2, 0.25) is 0 Å². The first-order valence-electron chi connectivity index (χ1n) is 7.37. The fourth-order valence-corrected chi connectivity index (χ4v) is 2.95. The third-order valence-electron chi connectivity index (χ3n) is 4.07. The lowest BCUT2D eigenvalue weighted by atomic mass is 9.98. The molecule has 4 aromatic rings. The second kappa shape index (κ2) is 4.84. The monoisotopic (exact) mass is 288 g/mol. The summed E-state index contributed by atoms with van der Waals surface area (Å²) >= 11 is 0. The van der Waals surface area contributed by atoms with Crippen LogP contribution in [0.25, 0.3) is 33.1 Å². The van der Waals surface area contributed by atoms with E-state index in [9.17, 15) is 0 Å². The number of rotatable bonds is 2. The van der Waals surface area contributed by atoms with Gasteiger partial charge in [-0.1, -0.05) is 31.2 Å². The molecule has 0 saturated carbocycles. The minimum atomic E-state index is 0.521. The van der Waals surface area contributed by atoms with Crippen LogP contribution >= 0.6 is 0 Å². The first-order valence-corrected chi connectivity index (χ1v) is 7.37. The van der Waals surface area contributed by atoms with Crippen LogP contribution in [-0.4, -0.2) is 15.0 Å². The van der Waals surface area contributed by atoms with Gasteiger partial charge in [0, 0.05) is 22.5 Å². The number of pyridine rings is 2. The summed E-state index contributed by atoms with van der Waals surface area (Å²) in [6.07, 6.45) is 4.67. The van der Waals surface area contributed by atoms with Crippen molar-refractivity contribution in [3.8, 4) is 11.1 Å². The average Bonchev–Trinajstić information content (AvgIpc) is 2.92. The van der Waals surface area contributed by atoms with Crippen molar-refractivity contribution in [1.29, 1.82) is 0 Å². The van der Waals surface area contributed by atoms with Crippen LogP contribution in [-0.2, 0) is 6.42 Å². The summed E-state index contributed by atoms with van der Waals surface area (Å²) in [4.78, 5) is 12.0. The molecule has 108 valence electrons. The van der Waals surface area contributed by atoms with Gasteiger partial charge in [0.25, 0.3) is 0 Å². The fourth-order valence-electron chi connectivity index (χ4n) is 2.95. The topological polar surface area (TPSA) is 67.6 Å². The molecular formula is C18H16N4.